The first-order valence-electron chi connectivity index (χ1n) is 8.83. The molecule has 0 bridgehead atoms. The molecule has 0 fully saturated rings. The first kappa shape index (κ1) is 26.7. The number of hydrogen-bond acceptors (Lipinski definition) is 0. The first-order chi connectivity index (χ1) is 11.2. The van der Waals surface area contributed by atoms with E-state index in [1.54, 1.807) is 0 Å². The number of rotatable bonds is 13. The summed E-state index contributed by atoms with van der Waals surface area (Å²) in [7, 11) is -10.7. The van der Waals surface area contributed by atoms with E-state index >= 15 is 0 Å². The van der Waals surface area contributed by atoms with E-state index in [1.807, 2.05) is 0 Å². The summed E-state index contributed by atoms with van der Waals surface area (Å²) in [5.74, 6) is 0. The van der Waals surface area contributed by atoms with E-state index in [9.17, 15) is 25.2 Å². The Labute approximate surface area is 148 Å². The third kappa shape index (κ3) is 25.8. The first-order valence-corrected chi connectivity index (χ1v) is 10.9. The van der Waals surface area contributed by atoms with E-state index in [-0.39, 0.29) is 0 Å². The molecule has 0 amide bonds. The minimum atomic E-state index is -10.7. The monoisotopic (exact) mass is 397 g/mol. The number of hydrogen-bond donors (Lipinski definition) is 0. The van der Waals surface area contributed by atoms with E-state index < -0.39 is 7.81 Å². The number of quaternary nitrogens is 1. The average Bonchev–Trinajstić information content (AvgIpc) is 2.40. The fourth-order valence-electron chi connectivity index (χ4n) is 2.80. The van der Waals surface area contributed by atoms with Crippen LogP contribution in [0.5, 0.6) is 0 Å². The predicted molar refractivity (Wildman–Crippen MR) is 97.4 cm³/mol. The summed E-state index contributed by atoms with van der Waals surface area (Å²) in [6.07, 6.45) is 13.7. The molecule has 8 heteroatoms. The van der Waals surface area contributed by atoms with Crippen LogP contribution in [0, 0.1) is 0 Å². The minimum absolute atomic E-state index is 1.09. The zero-order valence-electron chi connectivity index (χ0n) is 15.5. The van der Waals surface area contributed by atoms with Gasteiger partial charge in [-0.3, -0.25) is 0 Å². The molecule has 0 unspecified atom stereocenters. The Balaban J connectivity index is 0. The van der Waals surface area contributed by atoms with Gasteiger partial charge in [0.1, 0.15) is 0 Å². The number of unbranched alkanes of at least 4 members (excludes halogenated alkanes) is 5. The predicted octanol–water partition coefficient (Wildman–Crippen LogP) is 8.33. The van der Waals surface area contributed by atoms with Gasteiger partial charge in [0, 0.05) is 0 Å². The van der Waals surface area contributed by atoms with Crippen LogP contribution in [0.4, 0.5) is 25.2 Å². The Bertz CT molecular complexity index is 355. The fourth-order valence-corrected chi connectivity index (χ4v) is 2.80. The van der Waals surface area contributed by atoms with Crippen molar-refractivity contribution >= 4 is 7.81 Å². The number of halogens is 6. The molecule has 0 aromatic rings. The molecule has 0 aliphatic carbocycles. The summed E-state index contributed by atoms with van der Waals surface area (Å²) < 4.78 is 60.4. The summed E-state index contributed by atoms with van der Waals surface area (Å²) in [4.78, 5) is 0. The molecular formula is C17H34F6NP. The van der Waals surface area contributed by atoms with Crippen molar-refractivity contribution in [1.29, 1.82) is 0 Å². The third-order valence-corrected chi connectivity index (χ3v) is 3.72. The third-order valence-electron chi connectivity index (χ3n) is 3.72. The standard InChI is InChI=1S/C17H34N.F6P/c1-5-9-10-11-12-13-17-18(14-6-2,15-7-3)16-8-4;1-7(2,3,4,5)6/h6-7H,2-3,5,8-17H2,1,4H3;/q+1;-1. The van der Waals surface area contributed by atoms with Gasteiger partial charge in [0.15, 0.2) is 0 Å². The Kier molecular flexibility index (Phi) is 11.3. The van der Waals surface area contributed by atoms with Gasteiger partial charge >= 0.3 is 33.0 Å². The van der Waals surface area contributed by atoms with E-state index in [2.05, 4.69) is 39.2 Å². The second-order valence-electron chi connectivity index (χ2n) is 6.46. The number of nitrogens with zero attached hydrogens (tertiary/aromatic N) is 1. The van der Waals surface area contributed by atoms with Gasteiger partial charge in [0.2, 0.25) is 0 Å². The van der Waals surface area contributed by atoms with Crippen molar-refractivity contribution in [2.45, 2.75) is 58.8 Å². The Morgan fingerprint density at radius 3 is 1.44 bits per heavy atom. The van der Waals surface area contributed by atoms with Crippen molar-refractivity contribution in [1.82, 2.24) is 0 Å². The van der Waals surface area contributed by atoms with Crippen LogP contribution in [0.25, 0.3) is 0 Å². The van der Waals surface area contributed by atoms with Crippen molar-refractivity contribution in [2.24, 2.45) is 0 Å². The molecule has 0 N–H and O–H groups in total. The van der Waals surface area contributed by atoms with Gasteiger partial charge in [-0.25, -0.2) is 0 Å². The van der Waals surface area contributed by atoms with Crippen LogP contribution in [-0.2, 0) is 0 Å². The van der Waals surface area contributed by atoms with Crippen LogP contribution in [0.15, 0.2) is 25.3 Å². The van der Waals surface area contributed by atoms with Gasteiger partial charge in [0.25, 0.3) is 0 Å². The Morgan fingerprint density at radius 2 is 1.08 bits per heavy atom. The van der Waals surface area contributed by atoms with Crippen LogP contribution in [-0.4, -0.2) is 30.7 Å². The maximum absolute atomic E-state index is 10.7. The maximum atomic E-state index is 9.87. The molecule has 0 radical (unpaired) electrons. The van der Waals surface area contributed by atoms with Crippen molar-refractivity contribution < 1.29 is 29.7 Å². The molecular weight excluding hydrogens is 363 g/mol. The normalized spacial score (nSPS) is 14.7. The van der Waals surface area contributed by atoms with Gasteiger partial charge in [-0.05, 0) is 31.4 Å². The van der Waals surface area contributed by atoms with Crippen molar-refractivity contribution in [3.05, 3.63) is 25.3 Å². The molecule has 0 saturated heterocycles. The molecule has 0 atom stereocenters. The van der Waals surface area contributed by atoms with E-state index in [0.29, 0.717) is 0 Å². The molecule has 0 spiro atoms. The Morgan fingerprint density at radius 1 is 0.680 bits per heavy atom. The van der Waals surface area contributed by atoms with Crippen LogP contribution >= 0.6 is 7.81 Å². The topological polar surface area (TPSA) is 0 Å². The summed E-state index contributed by atoms with van der Waals surface area (Å²) >= 11 is 0. The van der Waals surface area contributed by atoms with Crippen LogP contribution in [0.2, 0.25) is 0 Å². The fraction of sp³-hybridized carbons (Fsp3) is 0.765. The second-order valence-corrected chi connectivity index (χ2v) is 8.37. The molecule has 0 saturated carbocycles. The van der Waals surface area contributed by atoms with Crippen LogP contribution in [0.1, 0.15) is 58.8 Å². The summed E-state index contributed by atoms with van der Waals surface area (Å²) in [6, 6.07) is 0. The second kappa shape index (κ2) is 10.6. The van der Waals surface area contributed by atoms with Gasteiger partial charge in [-0.2, -0.15) is 0 Å². The van der Waals surface area contributed by atoms with Crippen molar-refractivity contribution in [2.75, 3.05) is 26.2 Å². The molecule has 25 heavy (non-hydrogen) atoms. The quantitative estimate of drug-likeness (QED) is 0.0963. The van der Waals surface area contributed by atoms with Crippen molar-refractivity contribution in [3.63, 3.8) is 0 Å². The molecule has 0 aromatic carbocycles. The molecule has 0 aromatic heterocycles. The SMILES string of the molecule is C=CC[N+](CC=C)(CCC)CCCCCCCC.F[P-](F)(F)(F)(F)F. The Hall–Kier alpha value is -0.550. The summed E-state index contributed by atoms with van der Waals surface area (Å²) in [5.41, 5.74) is 0. The zero-order valence-corrected chi connectivity index (χ0v) is 16.4. The molecule has 1 nitrogen and oxygen atoms in total. The van der Waals surface area contributed by atoms with E-state index in [0.717, 1.165) is 17.6 Å². The van der Waals surface area contributed by atoms with E-state index in [1.165, 1.54) is 58.0 Å². The van der Waals surface area contributed by atoms with Crippen molar-refractivity contribution in [3.8, 4) is 0 Å². The average molecular weight is 397 g/mol. The molecule has 0 aliphatic heterocycles. The molecule has 154 valence electrons. The van der Waals surface area contributed by atoms with Gasteiger partial charge in [-0.1, -0.05) is 52.7 Å². The van der Waals surface area contributed by atoms with Gasteiger partial charge in [0.05, 0.1) is 26.2 Å². The molecule has 0 aliphatic rings. The summed E-state index contributed by atoms with van der Waals surface area (Å²) in [6.45, 7) is 17.1. The van der Waals surface area contributed by atoms with Crippen LogP contribution in [0.3, 0.4) is 0 Å². The summed E-state index contributed by atoms with van der Waals surface area (Å²) in [5, 5.41) is 0. The molecule has 0 rings (SSSR count). The van der Waals surface area contributed by atoms with Gasteiger partial charge in [-0.15, -0.1) is 0 Å². The van der Waals surface area contributed by atoms with E-state index in [4.69, 9.17) is 0 Å². The zero-order chi connectivity index (χ0) is 20.1. The molecule has 0 heterocycles. The van der Waals surface area contributed by atoms with Gasteiger partial charge < -0.3 is 4.48 Å². The van der Waals surface area contributed by atoms with Crippen LogP contribution < -0.4 is 0 Å².